The Morgan fingerprint density at radius 1 is 1.03 bits per heavy atom. The van der Waals surface area contributed by atoms with Crippen molar-refractivity contribution in [2.75, 3.05) is 6.26 Å². The Balaban J connectivity index is 0.000000269. The van der Waals surface area contributed by atoms with Crippen molar-refractivity contribution in [1.82, 2.24) is 9.97 Å². The van der Waals surface area contributed by atoms with Crippen LogP contribution in [0.5, 0.6) is 0 Å². The molecular formula is C20H24F6N2OS. The molecule has 0 amide bonds. The van der Waals surface area contributed by atoms with E-state index in [0.29, 0.717) is 24.2 Å². The fourth-order valence-corrected chi connectivity index (χ4v) is 3.78. The maximum absolute atomic E-state index is 12.5. The van der Waals surface area contributed by atoms with Crippen LogP contribution in [0.2, 0.25) is 0 Å². The first kappa shape index (κ1) is 24.6. The molecule has 1 fully saturated rings. The molecule has 1 aliphatic carbocycles. The number of rotatable bonds is 3. The van der Waals surface area contributed by atoms with Crippen molar-refractivity contribution < 1.29 is 31.4 Å². The number of H-pyrrole nitrogens is 1. The van der Waals surface area contributed by atoms with E-state index in [4.69, 9.17) is 0 Å². The molecule has 1 heterocycles. The molecule has 30 heavy (non-hydrogen) atoms. The van der Waals surface area contributed by atoms with Gasteiger partial charge in [-0.3, -0.25) is 0 Å². The molecule has 0 unspecified atom stereocenters. The number of aryl methyl sites for hydroxylation is 1. The molecule has 1 aliphatic rings. The predicted octanol–water partition coefficient (Wildman–Crippen LogP) is 6.67. The predicted molar refractivity (Wildman–Crippen MR) is 103 cm³/mol. The summed E-state index contributed by atoms with van der Waals surface area (Å²) in [6, 6.07) is 4.40. The number of thioether (sulfide) groups is 1. The lowest BCUT2D eigenvalue weighted by Crippen LogP contribution is -2.24. The highest BCUT2D eigenvalue weighted by Crippen LogP contribution is 2.37. The Kier molecular flexibility index (Phi) is 8.27. The number of hydrogen-bond acceptors (Lipinski definition) is 3. The summed E-state index contributed by atoms with van der Waals surface area (Å²) in [5.74, 6) is -0.673. The highest BCUT2D eigenvalue weighted by molar-refractivity contribution is 7.98. The third kappa shape index (κ3) is 6.66. The van der Waals surface area contributed by atoms with Gasteiger partial charge in [0.2, 0.25) is 0 Å². The molecule has 1 atom stereocenters. The Labute approximate surface area is 175 Å². The van der Waals surface area contributed by atoms with E-state index in [1.165, 1.54) is 23.9 Å². The maximum Gasteiger partial charge on any atom is 0.416 e. The molecule has 1 saturated carbocycles. The standard InChI is InChI=1S/C13H13F3N2OS.C7H11F3/c1-7-12(20-2)18-11(17-7)10(19)8-3-5-9(6-4-8)13(14,15)16;8-7(9,10)6-4-2-1-3-5-6/h3-6,10,19H,1-2H3,(H,17,18);6H,1-5H2/t10-;/m1./s1. The van der Waals surface area contributed by atoms with Gasteiger partial charge in [-0.2, -0.15) is 26.3 Å². The quantitative estimate of drug-likeness (QED) is 0.402. The van der Waals surface area contributed by atoms with Gasteiger partial charge in [0.1, 0.15) is 17.0 Å². The zero-order chi connectivity index (χ0) is 22.5. The van der Waals surface area contributed by atoms with Gasteiger partial charge < -0.3 is 10.1 Å². The first-order valence-electron chi connectivity index (χ1n) is 9.46. The van der Waals surface area contributed by atoms with E-state index in [9.17, 15) is 31.4 Å². The van der Waals surface area contributed by atoms with Crippen LogP contribution >= 0.6 is 11.8 Å². The second kappa shape index (κ2) is 10.1. The first-order valence-corrected chi connectivity index (χ1v) is 10.7. The Hall–Kier alpha value is -1.68. The van der Waals surface area contributed by atoms with Crippen LogP contribution in [0.1, 0.15) is 60.9 Å². The van der Waals surface area contributed by atoms with Gasteiger partial charge in [0.15, 0.2) is 0 Å². The Morgan fingerprint density at radius 3 is 2.00 bits per heavy atom. The molecule has 0 aliphatic heterocycles. The Morgan fingerprint density at radius 2 is 1.60 bits per heavy atom. The number of imidazole rings is 1. The van der Waals surface area contributed by atoms with E-state index in [-0.39, 0.29) is 0 Å². The SMILES string of the molecule is CSc1nc([C@H](O)c2ccc(C(F)(F)F)cc2)[nH]c1C.FC(F)(F)C1CCCCC1. The van der Waals surface area contributed by atoms with Crippen molar-refractivity contribution >= 4 is 11.8 Å². The highest BCUT2D eigenvalue weighted by atomic mass is 32.2. The number of nitrogens with one attached hydrogen (secondary N) is 1. The normalized spacial score (nSPS) is 16.7. The topological polar surface area (TPSA) is 48.9 Å². The first-order chi connectivity index (χ1) is 13.9. The van der Waals surface area contributed by atoms with Crippen molar-refractivity contribution in [1.29, 1.82) is 0 Å². The van der Waals surface area contributed by atoms with Crippen LogP contribution in [0, 0.1) is 12.8 Å². The molecule has 0 radical (unpaired) electrons. The van der Waals surface area contributed by atoms with Crippen LogP contribution in [-0.4, -0.2) is 27.5 Å². The van der Waals surface area contributed by atoms with E-state index in [1.807, 2.05) is 13.2 Å². The molecule has 0 saturated heterocycles. The summed E-state index contributed by atoms with van der Waals surface area (Å²) in [5.41, 5.74) is 0.437. The number of nitrogens with zero attached hydrogens (tertiary/aromatic N) is 1. The summed E-state index contributed by atoms with van der Waals surface area (Å²) in [4.78, 5) is 7.15. The molecule has 3 nitrogen and oxygen atoms in total. The summed E-state index contributed by atoms with van der Waals surface area (Å²) in [5, 5.41) is 10.9. The van der Waals surface area contributed by atoms with Gasteiger partial charge in [0, 0.05) is 5.69 Å². The second-order valence-electron chi connectivity index (χ2n) is 7.16. The number of alkyl halides is 6. The lowest BCUT2D eigenvalue weighted by atomic mass is 9.89. The van der Waals surface area contributed by atoms with E-state index in [0.717, 1.165) is 42.1 Å². The minimum atomic E-state index is -4.38. The highest BCUT2D eigenvalue weighted by Gasteiger charge is 2.39. The molecule has 168 valence electrons. The molecule has 3 rings (SSSR count). The summed E-state index contributed by atoms with van der Waals surface area (Å²) in [7, 11) is 0. The summed E-state index contributed by atoms with van der Waals surface area (Å²) >= 11 is 1.43. The molecule has 0 bridgehead atoms. The maximum atomic E-state index is 12.5. The zero-order valence-electron chi connectivity index (χ0n) is 16.6. The summed E-state index contributed by atoms with van der Waals surface area (Å²) in [6.45, 7) is 1.82. The monoisotopic (exact) mass is 454 g/mol. The third-order valence-corrected chi connectivity index (χ3v) is 5.72. The fraction of sp³-hybridized carbons (Fsp3) is 0.550. The number of hydrogen-bond donors (Lipinski definition) is 2. The molecular weight excluding hydrogens is 430 g/mol. The van der Waals surface area contributed by atoms with Crippen LogP contribution in [-0.2, 0) is 6.18 Å². The van der Waals surface area contributed by atoms with Gasteiger partial charge in [0.05, 0.1) is 11.5 Å². The van der Waals surface area contributed by atoms with Crippen LogP contribution in [0.4, 0.5) is 26.3 Å². The molecule has 1 aromatic heterocycles. The number of aliphatic hydroxyl groups excluding tert-OH is 1. The smallest absolute Gasteiger partial charge is 0.380 e. The van der Waals surface area contributed by atoms with E-state index in [2.05, 4.69) is 9.97 Å². The van der Waals surface area contributed by atoms with Crippen molar-refractivity contribution in [3.05, 3.63) is 46.9 Å². The molecule has 2 N–H and O–H groups in total. The van der Waals surface area contributed by atoms with Crippen molar-refractivity contribution in [3.63, 3.8) is 0 Å². The number of benzene rings is 1. The Bertz CT molecular complexity index is 795. The molecule has 1 aromatic carbocycles. The molecule has 2 aromatic rings. The van der Waals surface area contributed by atoms with Gasteiger partial charge in [-0.15, -0.1) is 11.8 Å². The minimum Gasteiger partial charge on any atom is -0.380 e. The van der Waals surface area contributed by atoms with Gasteiger partial charge >= 0.3 is 12.4 Å². The average molecular weight is 454 g/mol. The van der Waals surface area contributed by atoms with Gasteiger partial charge in [-0.1, -0.05) is 31.4 Å². The van der Waals surface area contributed by atoms with Crippen molar-refractivity contribution in [3.8, 4) is 0 Å². The van der Waals surface area contributed by atoms with Crippen LogP contribution < -0.4 is 0 Å². The van der Waals surface area contributed by atoms with E-state index >= 15 is 0 Å². The third-order valence-electron chi connectivity index (χ3n) is 4.93. The van der Waals surface area contributed by atoms with Crippen molar-refractivity contribution in [2.45, 2.75) is 62.5 Å². The molecule has 10 heteroatoms. The minimum absolute atomic E-state index is 0.326. The summed E-state index contributed by atoms with van der Waals surface area (Å²) in [6.07, 6.45) is -4.33. The average Bonchev–Trinajstić information content (AvgIpc) is 3.08. The lowest BCUT2D eigenvalue weighted by molar-refractivity contribution is -0.181. The molecule has 0 spiro atoms. The number of aliphatic hydroxyl groups is 1. The largest absolute Gasteiger partial charge is 0.416 e. The fourth-order valence-electron chi connectivity index (χ4n) is 3.24. The van der Waals surface area contributed by atoms with Crippen LogP contribution in [0.25, 0.3) is 0 Å². The number of aromatic nitrogens is 2. The van der Waals surface area contributed by atoms with E-state index in [1.54, 1.807) is 0 Å². The van der Waals surface area contributed by atoms with Gasteiger partial charge in [-0.05, 0) is 43.7 Å². The van der Waals surface area contributed by atoms with Crippen LogP contribution in [0.3, 0.4) is 0 Å². The zero-order valence-corrected chi connectivity index (χ0v) is 17.4. The van der Waals surface area contributed by atoms with Crippen molar-refractivity contribution in [2.24, 2.45) is 5.92 Å². The van der Waals surface area contributed by atoms with Gasteiger partial charge in [0.25, 0.3) is 0 Å². The summed E-state index contributed by atoms with van der Waals surface area (Å²) < 4.78 is 73.2. The number of aromatic amines is 1. The van der Waals surface area contributed by atoms with Crippen LogP contribution in [0.15, 0.2) is 29.3 Å². The lowest BCUT2D eigenvalue weighted by Gasteiger charge is -2.23. The van der Waals surface area contributed by atoms with Gasteiger partial charge in [-0.25, -0.2) is 4.98 Å². The second-order valence-corrected chi connectivity index (χ2v) is 7.95. The number of halogens is 6. The van der Waals surface area contributed by atoms with E-state index < -0.39 is 29.9 Å².